The number of alkyl halides is 22. The van der Waals surface area contributed by atoms with Crippen LogP contribution in [0, 0.1) is 0 Å². The first-order valence-electron chi connectivity index (χ1n) is 11.6. The Morgan fingerprint density at radius 3 is 0.870 bits per heavy atom. The highest BCUT2D eigenvalue weighted by Crippen LogP contribution is 2.66. The predicted molar refractivity (Wildman–Crippen MR) is 108 cm³/mol. The number of rotatable bonds is 14. The molecule has 27 heteroatoms. The van der Waals surface area contributed by atoms with Crippen LogP contribution in [0.3, 0.4) is 0 Å². The summed E-state index contributed by atoms with van der Waals surface area (Å²) < 4.78 is 317. The molecule has 1 atom stereocenters. The molecule has 0 aliphatic rings. The lowest BCUT2D eigenvalue weighted by Gasteiger charge is -2.44. The van der Waals surface area contributed by atoms with Gasteiger partial charge in [0.2, 0.25) is 0 Å². The zero-order chi connectivity index (χ0) is 38.4. The van der Waals surface area contributed by atoms with Crippen molar-refractivity contribution in [2.75, 3.05) is 26.2 Å². The Morgan fingerprint density at radius 2 is 0.696 bits per heavy atom. The first-order chi connectivity index (χ1) is 19.6. The van der Waals surface area contributed by atoms with E-state index in [2.05, 4.69) is 27.7 Å². The first-order valence-corrected chi connectivity index (χ1v) is 13.0. The largest absolute Gasteiger partial charge is 0.743 e. The molecule has 0 rings (SSSR count). The Bertz CT molecular complexity index is 1110. The third-order valence-electron chi connectivity index (χ3n) is 6.75. The lowest BCUT2D eigenvalue weighted by atomic mass is 9.86. The average molecular weight is 761 g/mol. The fraction of sp³-hybridized carbons (Fsp3) is 1.00. The van der Waals surface area contributed by atoms with E-state index in [0.717, 1.165) is 0 Å². The molecule has 0 fully saturated rings. The van der Waals surface area contributed by atoms with Crippen molar-refractivity contribution in [3.8, 4) is 0 Å². The summed E-state index contributed by atoms with van der Waals surface area (Å²) in [4.78, 5) is 0. The van der Waals surface area contributed by atoms with Gasteiger partial charge in [-0.05, 0) is 27.7 Å². The highest BCUT2D eigenvalue weighted by Gasteiger charge is 2.97. The van der Waals surface area contributed by atoms with Crippen molar-refractivity contribution in [1.29, 1.82) is 0 Å². The smallest absolute Gasteiger partial charge is 0.425 e. The Hall–Kier alpha value is -1.67. The van der Waals surface area contributed by atoms with Gasteiger partial charge in [-0.1, -0.05) is 0 Å². The van der Waals surface area contributed by atoms with Crippen LogP contribution < -0.4 is 0 Å². The average Bonchev–Trinajstić information content (AvgIpc) is 2.88. The second-order valence-electron chi connectivity index (χ2n) is 9.13. The fourth-order valence-electron chi connectivity index (χ4n) is 3.24. The van der Waals surface area contributed by atoms with Crippen molar-refractivity contribution in [2.45, 2.75) is 92.7 Å². The molecule has 0 aliphatic heterocycles. The van der Waals surface area contributed by atoms with E-state index in [-0.39, 0.29) is 0 Å². The summed E-state index contributed by atoms with van der Waals surface area (Å²) in [7, 11) is -8.37. The van der Waals surface area contributed by atoms with Crippen molar-refractivity contribution >= 4 is 10.1 Å². The topological polar surface area (TPSA) is 57.2 Å². The van der Waals surface area contributed by atoms with Crippen molar-refractivity contribution in [2.24, 2.45) is 0 Å². The molecule has 0 heterocycles. The van der Waals surface area contributed by atoms with E-state index in [0.29, 0.717) is 0 Å². The van der Waals surface area contributed by atoms with E-state index in [9.17, 15) is 110 Å². The standard InChI is InChI=1S/C11H2F22O3S.C8H20N/c12-1(3(15,16)17)2(13,14)4(18,19)5(20,21)6(22,23)7(24,25)8(26,27)9(28,29)10(30,31)11(32,33)37(34,35)36;1-5-9(6-2,7-3)8-4/h1H,(H,34,35,36);5-8H2,1-4H3/q;+1/p-1. The van der Waals surface area contributed by atoms with E-state index in [1.54, 1.807) is 0 Å². The molecule has 0 aromatic rings. The maximum Gasteiger partial charge on any atom is 0.425 e. The third-order valence-corrected chi connectivity index (χ3v) is 7.64. The Morgan fingerprint density at radius 1 is 0.478 bits per heavy atom. The van der Waals surface area contributed by atoms with Gasteiger partial charge >= 0.3 is 58.8 Å². The molecule has 0 aromatic carbocycles. The zero-order valence-corrected chi connectivity index (χ0v) is 23.6. The molecule has 1 unspecified atom stereocenters. The van der Waals surface area contributed by atoms with Crippen LogP contribution in [0.4, 0.5) is 96.6 Å². The normalized spacial score (nSPS) is 16.6. The van der Waals surface area contributed by atoms with E-state index in [1.807, 2.05) is 0 Å². The number of quaternary nitrogens is 1. The summed E-state index contributed by atoms with van der Waals surface area (Å²) in [5, 5.41) is -8.20. The molecule has 0 amide bonds. The fourth-order valence-corrected chi connectivity index (χ4v) is 3.68. The number of nitrogens with zero attached hydrogens (tertiary/aromatic N) is 1. The van der Waals surface area contributed by atoms with Crippen molar-refractivity contribution in [3.05, 3.63) is 0 Å². The molecule has 46 heavy (non-hydrogen) atoms. The quantitative estimate of drug-likeness (QED) is 0.103. The van der Waals surface area contributed by atoms with Gasteiger partial charge < -0.3 is 9.04 Å². The van der Waals surface area contributed by atoms with Crippen LogP contribution in [-0.2, 0) is 10.1 Å². The SMILES string of the molecule is CC[N+](CC)(CC)CC.O=S(=O)([O-])C(F)(F)C(F)(F)C(F)(F)C(F)(F)C(F)(F)C(F)(F)C(F)(F)C(F)(F)C(F)(F)C(F)C(F)(F)F. The monoisotopic (exact) mass is 761 g/mol. The summed E-state index contributed by atoms with van der Waals surface area (Å²) in [6, 6.07) is 0. The van der Waals surface area contributed by atoms with Gasteiger partial charge in [0.25, 0.3) is 6.17 Å². The molecule has 0 bridgehead atoms. The van der Waals surface area contributed by atoms with Crippen LogP contribution in [0.25, 0.3) is 0 Å². The highest BCUT2D eigenvalue weighted by atomic mass is 32.2. The van der Waals surface area contributed by atoms with Gasteiger partial charge in [0.05, 0.1) is 26.2 Å². The summed E-state index contributed by atoms with van der Waals surface area (Å²) in [5.41, 5.74) is 0. The lowest BCUT2D eigenvalue weighted by Crippen LogP contribution is -2.77. The molecule has 4 nitrogen and oxygen atoms in total. The second-order valence-corrected chi connectivity index (χ2v) is 10.5. The number of halogens is 22. The van der Waals surface area contributed by atoms with Gasteiger partial charge in [-0.3, -0.25) is 0 Å². The van der Waals surface area contributed by atoms with E-state index < -0.39 is 75.1 Å². The second kappa shape index (κ2) is 13.0. The van der Waals surface area contributed by atoms with Crippen LogP contribution in [0.15, 0.2) is 0 Å². The molecule has 280 valence electrons. The summed E-state index contributed by atoms with van der Waals surface area (Å²) >= 11 is 0. The van der Waals surface area contributed by atoms with Crippen molar-refractivity contribution in [1.82, 2.24) is 0 Å². The lowest BCUT2D eigenvalue weighted by molar-refractivity contribution is -0.921. The van der Waals surface area contributed by atoms with Gasteiger partial charge in [0, 0.05) is 0 Å². The van der Waals surface area contributed by atoms with Crippen molar-refractivity contribution in [3.63, 3.8) is 0 Å². The van der Waals surface area contributed by atoms with Crippen LogP contribution in [0.5, 0.6) is 0 Å². The number of hydrogen-bond donors (Lipinski definition) is 0. The molecule has 0 radical (unpaired) electrons. The van der Waals surface area contributed by atoms with E-state index in [4.69, 9.17) is 0 Å². The minimum atomic E-state index is -9.44. The molecule has 0 aliphatic carbocycles. The molecule has 0 N–H and O–H groups in total. The molecule has 0 spiro atoms. The summed E-state index contributed by atoms with van der Waals surface area (Å²) in [5.74, 6) is -72.8. The van der Waals surface area contributed by atoms with Crippen LogP contribution in [0.2, 0.25) is 0 Å². The van der Waals surface area contributed by atoms with E-state index >= 15 is 0 Å². The van der Waals surface area contributed by atoms with Gasteiger partial charge in [0.15, 0.2) is 10.1 Å². The van der Waals surface area contributed by atoms with Crippen LogP contribution in [0.1, 0.15) is 27.7 Å². The highest BCUT2D eigenvalue weighted by molar-refractivity contribution is 7.86. The Balaban J connectivity index is 0. The summed E-state index contributed by atoms with van der Waals surface area (Å²) in [6.07, 6.45) is -14.1. The van der Waals surface area contributed by atoms with Gasteiger partial charge in [-0.15, -0.1) is 0 Å². The maximum atomic E-state index is 13.4. The first kappa shape index (κ1) is 46.4. The van der Waals surface area contributed by atoms with Gasteiger partial charge in [-0.2, -0.15) is 92.2 Å². The molecule has 0 saturated heterocycles. The maximum absolute atomic E-state index is 13.4. The van der Waals surface area contributed by atoms with Gasteiger partial charge in [-0.25, -0.2) is 12.8 Å². The zero-order valence-electron chi connectivity index (χ0n) is 22.8. The molecular formula is C19H21F22NO3S. The van der Waals surface area contributed by atoms with Crippen LogP contribution >= 0.6 is 0 Å². The van der Waals surface area contributed by atoms with Crippen molar-refractivity contribution < 1.29 is 114 Å². The predicted octanol–water partition coefficient (Wildman–Crippen LogP) is 7.99. The van der Waals surface area contributed by atoms with E-state index in [1.165, 1.54) is 30.7 Å². The molecule has 0 aromatic heterocycles. The minimum Gasteiger partial charge on any atom is -0.743 e. The molecule has 0 saturated carbocycles. The number of hydrogen-bond acceptors (Lipinski definition) is 3. The Kier molecular flexibility index (Phi) is 13.1. The minimum absolute atomic E-state index is 1.28. The third kappa shape index (κ3) is 6.77. The molecular weight excluding hydrogens is 740 g/mol. The van der Waals surface area contributed by atoms with Gasteiger partial charge in [0.1, 0.15) is 0 Å². The summed E-state index contributed by atoms with van der Waals surface area (Å²) in [6.45, 7) is 14.2. The Labute approximate surface area is 244 Å². The van der Waals surface area contributed by atoms with Crippen LogP contribution in [-0.4, -0.2) is 109 Å².